The summed E-state index contributed by atoms with van der Waals surface area (Å²) in [5.41, 5.74) is 0.924. The molecule has 0 heterocycles. The lowest BCUT2D eigenvalue weighted by Gasteiger charge is -2.25. The van der Waals surface area contributed by atoms with Crippen molar-refractivity contribution in [1.82, 2.24) is 4.90 Å². The number of hydrogen-bond acceptors (Lipinski definition) is 4. The predicted octanol–water partition coefficient (Wildman–Crippen LogP) is 2.62. The van der Waals surface area contributed by atoms with Crippen LogP contribution in [0.25, 0.3) is 0 Å². The van der Waals surface area contributed by atoms with Crippen LogP contribution < -0.4 is 10.1 Å². The Labute approximate surface area is 153 Å². The van der Waals surface area contributed by atoms with Gasteiger partial charge in [0.05, 0.1) is 18.2 Å². The zero-order valence-electron chi connectivity index (χ0n) is 15.4. The Hall–Kier alpha value is -2.57. The molecule has 0 saturated heterocycles. The van der Waals surface area contributed by atoms with Gasteiger partial charge in [-0.25, -0.2) is 0 Å². The largest absolute Gasteiger partial charge is 0.492 e. The zero-order valence-corrected chi connectivity index (χ0v) is 15.4. The molecule has 7 heteroatoms. The fourth-order valence-corrected chi connectivity index (χ4v) is 3.14. The van der Waals surface area contributed by atoms with E-state index in [2.05, 4.69) is 5.32 Å². The van der Waals surface area contributed by atoms with Crippen molar-refractivity contribution in [3.8, 4) is 5.75 Å². The molecule has 0 atom stereocenters. The summed E-state index contributed by atoms with van der Waals surface area (Å²) in [5, 5.41) is 11.9. The second kappa shape index (κ2) is 8.69. The van der Waals surface area contributed by atoms with Gasteiger partial charge in [0.25, 0.3) is 5.91 Å². The fourth-order valence-electron chi connectivity index (χ4n) is 3.14. The van der Waals surface area contributed by atoms with Crippen LogP contribution in [0.5, 0.6) is 5.75 Å². The minimum Gasteiger partial charge on any atom is -0.492 e. The van der Waals surface area contributed by atoms with Gasteiger partial charge < -0.3 is 20.1 Å². The van der Waals surface area contributed by atoms with Crippen molar-refractivity contribution in [2.75, 3.05) is 26.0 Å². The van der Waals surface area contributed by atoms with Crippen molar-refractivity contribution >= 4 is 23.5 Å². The number of carbonyl (C=O) groups is 3. The summed E-state index contributed by atoms with van der Waals surface area (Å²) in [6, 6.07) is 4.96. The smallest absolute Gasteiger partial charge is 0.306 e. The number of benzene rings is 1. The van der Waals surface area contributed by atoms with Gasteiger partial charge in [0.1, 0.15) is 5.75 Å². The summed E-state index contributed by atoms with van der Waals surface area (Å²) in [7, 11) is 3.33. The number of amides is 2. The van der Waals surface area contributed by atoms with Crippen molar-refractivity contribution in [1.29, 1.82) is 0 Å². The lowest BCUT2D eigenvalue weighted by atomic mass is 9.81. The molecule has 2 amide bonds. The fraction of sp³-hybridized carbons (Fsp3) is 0.526. The Kier molecular flexibility index (Phi) is 6.60. The van der Waals surface area contributed by atoms with Gasteiger partial charge in [-0.2, -0.15) is 0 Å². The number of carboxylic acid groups (broad SMARTS) is 1. The minimum atomic E-state index is -0.794. The third-order valence-electron chi connectivity index (χ3n) is 4.64. The Bertz CT molecular complexity index is 679. The van der Waals surface area contributed by atoms with Gasteiger partial charge in [0, 0.05) is 25.6 Å². The third kappa shape index (κ3) is 4.74. The molecule has 1 saturated carbocycles. The molecule has 0 unspecified atom stereocenters. The maximum absolute atomic E-state index is 12.6. The van der Waals surface area contributed by atoms with E-state index in [1.807, 2.05) is 6.92 Å². The summed E-state index contributed by atoms with van der Waals surface area (Å²) < 4.78 is 5.55. The second-order valence-electron chi connectivity index (χ2n) is 6.72. The van der Waals surface area contributed by atoms with Crippen LogP contribution >= 0.6 is 0 Å². The first-order chi connectivity index (χ1) is 12.3. The lowest BCUT2D eigenvalue weighted by Crippen LogP contribution is -2.29. The Balaban J connectivity index is 2.13. The Morgan fingerprint density at radius 2 is 1.77 bits per heavy atom. The summed E-state index contributed by atoms with van der Waals surface area (Å²) in [4.78, 5) is 37.3. The van der Waals surface area contributed by atoms with Crippen LogP contribution in [0.15, 0.2) is 18.2 Å². The normalized spacial score (nSPS) is 19.5. The van der Waals surface area contributed by atoms with Gasteiger partial charge >= 0.3 is 5.97 Å². The van der Waals surface area contributed by atoms with Crippen LogP contribution in [0.3, 0.4) is 0 Å². The van der Waals surface area contributed by atoms with E-state index in [1.165, 1.54) is 4.90 Å². The summed E-state index contributed by atoms with van der Waals surface area (Å²) in [6.45, 7) is 2.28. The van der Waals surface area contributed by atoms with E-state index < -0.39 is 5.97 Å². The van der Waals surface area contributed by atoms with Crippen molar-refractivity contribution in [3.63, 3.8) is 0 Å². The Morgan fingerprint density at radius 3 is 2.31 bits per heavy atom. The van der Waals surface area contributed by atoms with Crippen LogP contribution in [0.4, 0.5) is 5.69 Å². The number of carbonyl (C=O) groups excluding carboxylic acids is 2. The number of rotatable bonds is 6. The number of anilines is 1. The van der Waals surface area contributed by atoms with Gasteiger partial charge in [-0.1, -0.05) is 0 Å². The summed E-state index contributed by atoms with van der Waals surface area (Å²) >= 11 is 0. The topological polar surface area (TPSA) is 95.9 Å². The average Bonchev–Trinajstić information content (AvgIpc) is 2.62. The third-order valence-corrected chi connectivity index (χ3v) is 4.64. The number of aliphatic carboxylic acids is 1. The molecule has 2 N–H and O–H groups in total. The summed E-state index contributed by atoms with van der Waals surface area (Å²) in [6.07, 6.45) is 2.10. The molecule has 0 aliphatic heterocycles. The molecule has 0 bridgehead atoms. The number of carboxylic acids is 1. The first kappa shape index (κ1) is 19.8. The van der Waals surface area contributed by atoms with Crippen LogP contribution in [-0.4, -0.2) is 48.5 Å². The van der Waals surface area contributed by atoms with Gasteiger partial charge in [-0.3, -0.25) is 14.4 Å². The van der Waals surface area contributed by atoms with Crippen molar-refractivity contribution in [3.05, 3.63) is 23.8 Å². The van der Waals surface area contributed by atoms with Gasteiger partial charge in [0.2, 0.25) is 5.91 Å². The molecule has 142 valence electrons. The Morgan fingerprint density at radius 1 is 1.15 bits per heavy atom. The highest BCUT2D eigenvalue weighted by atomic mass is 16.5. The van der Waals surface area contributed by atoms with Crippen molar-refractivity contribution < 1.29 is 24.2 Å². The molecule has 26 heavy (non-hydrogen) atoms. The van der Waals surface area contributed by atoms with Gasteiger partial charge in [0.15, 0.2) is 0 Å². The average molecular weight is 362 g/mol. The second-order valence-corrected chi connectivity index (χ2v) is 6.72. The zero-order chi connectivity index (χ0) is 19.3. The molecule has 1 fully saturated rings. The van der Waals surface area contributed by atoms with E-state index >= 15 is 0 Å². The maximum atomic E-state index is 12.6. The van der Waals surface area contributed by atoms with Gasteiger partial charge in [-0.05, 0) is 50.8 Å². The molecular weight excluding hydrogens is 336 g/mol. The predicted molar refractivity (Wildman–Crippen MR) is 97.3 cm³/mol. The van der Waals surface area contributed by atoms with Crippen LogP contribution in [0, 0.1) is 11.8 Å². The SMILES string of the molecule is CCOc1ccc(C(=O)N(C)C)cc1NC(=O)C1CCC(C(=O)O)CC1. The monoisotopic (exact) mass is 362 g/mol. The molecule has 0 aromatic heterocycles. The quantitative estimate of drug-likeness (QED) is 0.811. The van der Waals surface area contributed by atoms with E-state index in [0.29, 0.717) is 49.3 Å². The number of nitrogens with one attached hydrogen (secondary N) is 1. The van der Waals surface area contributed by atoms with Crippen molar-refractivity contribution in [2.45, 2.75) is 32.6 Å². The van der Waals surface area contributed by atoms with E-state index in [-0.39, 0.29) is 23.7 Å². The van der Waals surface area contributed by atoms with Crippen LogP contribution in [0.2, 0.25) is 0 Å². The molecular formula is C19H26N2O5. The van der Waals surface area contributed by atoms with E-state index in [0.717, 1.165) is 0 Å². The minimum absolute atomic E-state index is 0.162. The molecule has 1 aliphatic carbocycles. The molecule has 2 rings (SSSR count). The van der Waals surface area contributed by atoms with Gasteiger partial charge in [-0.15, -0.1) is 0 Å². The maximum Gasteiger partial charge on any atom is 0.306 e. The number of hydrogen-bond donors (Lipinski definition) is 2. The molecule has 1 aromatic carbocycles. The molecule has 1 aromatic rings. The molecule has 0 spiro atoms. The van der Waals surface area contributed by atoms with E-state index in [9.17, 15) is 14.4 Å². The number of ether oxygens (including phenoxy) is 1. The van der Waals surface area contributed by atoms with E-state index in [4.69, 9.17) is 9.84 Å². The molecule has 7 nitrogen and oxygen atoms in total. The van der Waals surface area contributed by atoms with Crippen LogP contribution in [-0.2, 0) is 9.59 Å². The molecule has 0 radical (unpaired) electrons. The standard InChI is InChI=1S/C19H26N2O5/c1-4-26-16-10-9-14(18(23)21(2)3)11-15(16)20-17(22)12-5-7-13(8-6-12)19(24)25/h9-13H,4-8H2,1-3H3,(H,20,22)(H,24,25). The lowest BCUT2D eigenvalue weighted by molar-refractivity contribution is -0.143. The van der Waals surface area contributed by atoms with E-state index in [1.54, 1.807) is 32.3 Å². The highest BCUT2D eigenvalue weighted by molar-refractivity contribution is 5.98. The molecule has 1 aliphatic rings. The first-order valence-electron chi connectivity index (χ1n) is 8.85. The van der Waals surface area contributed by atoms with Crippen LogP contribution in [0.1, 0.15) is 43.0 Å². The van der Waals surface area contributed by atoms with Crippen molar-refractivity contribution in [2.24, 2.45) is 11.8 Å². The number of nitrogens with zero attached hydrogens (tertiary/aromatic N) is 1. The highest BCUT2D eigenvalue weighted by Gasteiger charge is 2.30. The first-order valence-corrected chi connectivity index (χ1v) is 8.85. The summed E-state index contributed by atoms with van der Waals surface area (Å²) in [5.74, 6) is -1.20. The highest BCUT2D eigenvalue weighted by Crippen LogP contribution is 2.32.